The summed E-state index contributed by atoms with van der Waals surface area (Å²) in [6.45, 7) is 0. The van der Waals surface area contributed by atoms with Crippen molar-refractivity contribution in [2.45, 2.75) is 199 Å². The summed E-state index contributed by atoms with van der Waals surface area (Å²) < 4.78 is 0. The highest BCUT2D eigenvalue weighted by Gasteiger charge is 2.13. The molecule has 0 unspecified atom stereocenters. The minimum Gasteiger partial charge on any atom is -0.0533 e. The molecule has 0 aromatic heterocycles. The normalized spacial score (nSPS) is 24.7. The molecule has 2 aliphatic rings. The molecule has 33 heavy (non-hydrogen) atoms. The van der Waals surface area contributed by atoms with E-state index in [2.05, 4.69) is 0 Å². The van der Waals surface area contributed by atoms with Gasteiger partial charge in [0.1, 0.15) is 0 Å². The van der Waals surface area contributed by atoms with Crippen molar-refractivity contribution in [3.8, 4) is 0 Å². The summed E-state index contributed by atoms with van der Waals surface area (Å²) in [6.07, 6.45) is 47.1. The summed E-state index contributed by atoms with van der Waals surface area (Å²) in [5, 5.41) is 0. The number of rotatable bonds is 4. The minimum atomic E-state index is 1.05. The fraction of sp³-hybridized carbons (Fsp3) is 1.00. The Kier molecular flexibility index (Phi) is 19.9. The van der Waals surface area contributed by atoms with E-state index in [0.717, 1.165) is 11.8 Å². The van der Waals surface area contributed by atoms with Crippen LogP contribution in [0.1, 0.15) is 199 Å². The van der Waals surface area contributed by atoms with Crippen molar-refractivity contribution in [2.75, 3.05) is 0 Å². The Hall–Kier alpha value is 0. The third-order valence-corrected chi connectivity index (χ3v) is 9.17. The first-order valence-corrected chi connectivity index (χ1v) is 16.4. The summed E-state index contributed by atoms with van der Waals surface area (Å²) in [5.74, 6) is 2.11. The van der Waals surface area contributed by atoms with Gasteiger partial charge in [-0.3, -0.25) is 0 Å². The molecule has 0 saturated heterocycles. The first-order chi connectivity index (χ1) is 16.4. The van der Waals surface area contributed by atoms with E-state index >= 15 is 0 Å². The van der Waals surface area contributed by atoms with Gasteiger partial charge in [-0.05, 0) is 11.8 Å². The molecule has 2 rings (SSSR count). The molecular formula is C33H64. The highest BCUT2D eigenvalue weighted by molar-refractivity contribution is 4.66. The minimum absolute atomic E-state index is 1.05. The maximum absolute atomic E-state index is 1.55. The van der Waals surface area contributed by atoms with E-state index in [0.29, 0.717) is 0 Å². The van der Waals surface area contributed by atoms with Gasteiger partial charge in [0.05, 0.1) is 0 Å². The van der Waals surface area contributed by atoms with Gasteiger partial charge in [0.15, 0.2) is 0 Å². The lowest BCUT2D eigenvalue weighted by molar-refractivity contribution is 0.327. The van der Waals surface area contributed by atoms with E-state index in [9.17, 15) is 0 Å². The van der Waals surface area contributed by atoms with Crippen LogP contribution < -0.4 is 0 Å². The van der Waals surface area contributed by atoms with E-state index in [1.54, 1.807) is 38.5 Å². The molecule has 2 fully saturated rings. The van der Waals surface area contributed by atoms with Gasteiger partial charge in [-0.1, -0.05) is 199 Å². The van der Waals surface area contributed by atoms with Gasteiger partial charge < -0.3 is 0 Å². The van der Waals surface area contributed by atoms with Gasteiger partial charge in [-0.2, -0.15) is 0 Å². The predicted octanol–water partition coefficient (Wildman–Crippen LogP) is 12.3. The third-order valence-electron chi connectivity index (χ3n) is 9.17. The van der Waals surface area contributed by atoms with E-state index in [1.165, 1.54) is 161 Å². The van der Waals surface area contributed by atoms with Crippen molar-refractivity contribution in [3.05, 3.63) is 0 Å². The Morgan fingerprint density at radius 3 is 0.636 bits per heavy atom. The number of hydrogen-bond donors (Lipinski definition) is 0. The molecule has 196 valence electrons. The van der Waals surface area contributed by atoms with Crippen LogP contribution in [0.2, 0.25) is 0 Å². The van der Waals surface area contributed by atoms with Crippen molar-refractivity contribution < 1.29 is 0 Å². The molecule has 0 aromatic rings. The van der Waals surface area contributed by atoms with Crippen LogP contribution in [-0.2, 0) is 0 Å². The van der Waals surface area contributed by atoms with E-state index < -0.39 is 0 Å². The van der Waals surface area contributed by atoms with Crippen LogP contribution in [-0.4, -0.2) is 0 Å². The van der Waals surface area contributed by atoms with Crippen LogP contribution in [0.15, 0.2) is 0 Å². The molecular weight excluding hydrogens is 396 g/mol. The quantitative estimate of drug-likeness (QED) is 0.391. The Morgan fingerprint density at radius 2 is 0.424 bits per heavy atom. The predicted molar refractivity (Wildman–Crippen MR) is 150 cm³/mol. The lowest BCUT2D eigenvalue weighted by Gasteiger charge is -2.20. The Balaban J connectivity index is 1.68. The van der Waals surface area contributed by atoms with E-state index in [4.69, 9.17) is 0 Å². The van der Waals surface area contributed by atoms with Crippen LogP contribution in [0.25, 0.3) is 0 Å². The molecule has 0 aliphatic heterocycles. The molecule has 0 heterocycles. The first kappa shape index (κ1) is 29.2. The van der Waals surface area contributed by atoms with Crippen LogP contribution in [0.4, 0.5) is 0 Å². The fourth-order valence-corrected chi connectivity index (χ4v) is 6.83. The van der Waals surface area contributed by atoms with Crippen molar-refractivity contribution in [3.63, 3.8) is 0 Å². The monoisotopic (exact) mass is 461 g/mol. The zero-order valence-electron chi connectivity index (χ0n) is 23.1. The van der Waals surface area contributed by atoms with Gasteiger partial charge in [0.2, 0.25) is 0 Å². The van der Waals surface area contributed by atoms with Crippen LogP contribution in [0.5, 0.6) is 0 Å². The maximum atomic E-state index is 1.55. The van der Waals surface area contributed by atoms with Crippen LogP contribution >= 0.6 is 0 Å². The largest absolute Gasteiger partial charge is 0.0533 e. The molecule has 0 heteroatoms. The van der Waals surface area contributed by atoms with E-state index in [-0.39, 0.29) is 0 Å². The zero-order valence-corrected chi connectivity index (χ0v) is 23.1. The molecule has 0 N–H and O–H groups in total. The summed E-state index contributed by atoms with van der Waals surface area (Å²) in [5.41, 5.74) is 0. The molecule has 0 nitrogen and oxygen atoms in total. The van der Waals surface area contributed by atoms with Crippen molar-refractivity contribution >= 4 is 0 Å². The van der Waals surface area contributed by atoms with Crippen LogP contribution in [0.3, 0.4) is 0 Å². The molecule has 2 aliphatic carbocycles. The molecule has 0 radical (unpaired) electrons. The molecule has 0 aromatic carbocycles. The molecule has 2 saturated carbocycles. The first-order valence-electron chi connectivity index (χ1n) is 16.4. The molecule has 0 spiro atoms. The van der Waals surface area contributed by atoms with Gasteiger partial charge >= 0.3 is 0 Å². The van der Waals surface area contributed by atoms with E-state index in [1.807, 2.05) is 0 Å². The van der Waals surface area contributed by atoms with Gasteiger partial charge in [0, 0.05) is 0 Å². The second-order valence-corrected chi connectivity index (χ2v) is 12.3. The Morgan fingerprint density at radius 1 is 0.242 bits per heavy atom. The van der Waals surface area contributed by atoms with Crippen molar-refractivity contribution in [1.29, 1.82) is 0 Å². The second-order valence-electron chi connectivity index (χ2n) is 12.3. The molecule has 0 amide bonds. The summed E-state index contributed by atoms with van der Waals surface area (Å²) in [4.78, 5) is 0. The van der Waals surface area contributed by atoms with Gasteiger partial charge in [0.25, 0.3) is 0 Å². The summed E-state index contributed by atoms with van der Waals surface area (Å²) in [6, 6.07) is 0. The second kappa shape index (κ2) is 22.5. The fourth-order valence-electron chi connectivity index (χ4n) is 6.83. The van der Waals surface area contributed by atoms with Crippen molar-refractivity contribution in [1.82, 2.24) is 0 Å². The Labute approximate surface area is 210 Å². The van der Waals surface area contributed by atoms with Gasteiger partial charge in [-0.25, -0.2) is 0 Å². The summed E-state index contributed by atoms with van der Waals surface area (Å²) >= 11 is 0. The summed E-state index contributed by atoms with van der Waals surface area (Å²) in [7, 11) is 0. The third kappa shape index (κ3) is 18.0. The lowest BCUT2D eigenvalue weighted by Crippen LogP contribution is -2.05. The maximum Gasteiger partial charge on any atom is -0.0414 e. The average molecular weight is 461 g/mol. The van der Waals surface area contributed by atoms with Crippen molar-refractivity contribution in [2.24, 2.45) is 11.8 Å². The SMILES string of the molecule is C1CCCCCCCC(CCCC2CCCCCCCCCCCCCC2)CCCCCC1. The average Bonchev–Trinajstić information content (AvgIpc) is 2.84. The smallest absolute Gasteiger partial charge is 0.0414 e. The lowest BCUT2D eigenvalue weighted by atomic mass is 9.85. The Bertz CT molecular complexity index is 317. The number of hydrogen-bond acceptors (Lipinski definition) is 0. The molecule has 0 atom stereocenters. The zero-order chi connectivity index (χ0) is 23.1. The standard InChI is InChI=1S/C33H64/c1-2-6-10-14-18-22-27-32(26-21-17-13-9-5-1)30-25-31-33-28-23-19-15-11-7-3-4-8-12-16-20-24-29-33/h32-33H,1-31H2. The molecule has 0 bridgehead atoms. The van der Waals surface area contributed by atoms with Crippen LogP contribution in [0, 0.1) is 11.8 Å². The highest BCUT2D eigenvalue weighted by atomic mass is 14.2. The van der Waals surface area contributed by atoms with Gasteiger partial charge in [-0.15, -0.1) is 0 Å². The topological polar surface area (TPSA) is 0 Å². The highest BCUT2D eigenvalue weighted by Crippen LogP contribution is 2.29.